The molecule has 1 heterocycles. The minimum Gasteiger partial charge on any atom is -0.496 e. The number of nitrogens with one attached hydrogen (secondary N) is 2. The Morgan fingerprint density at radius 3 is 2.64 bits per heavy atom. The predicted molar refractivity (Wildman–Crippen MR) is 101 cm³/mol. The Labute approximate surface area is 149 Å². The number of ether oxygens (including phenoxy) is 1. The third kappa shape index (κ3) is 6.10. The van der Waals surface area contributed by atoms with E-state index in [0.29, 0.717) is 24.6 Å². The second-order valence-corrected chi connectivity index (χ2v) is 6.36. The second kappa shape index (κ2) is 9.67. The van der Waals surface area contributed by atoms with Gasteiger partial charge < -0.3 is 15.4 Å². The van der Waals surface area contributed by atoms with E-state index in [0.717, 1.165) is 30.0 Å². The first kappa shape index (κ1) is 18.8. The topological polar surface area (TPSA) is 63.2 Å². The molecule has 2 N–H and O–H groups in total. The van der Waals surface area contributed by atoms with Gasteiger partial charge in [-0.1, -0.05) is 32.0 Å². The lowest BCUT2D eigenvalue weighted by Crippen LogP contribution is -2.26. The fraction of sp³-hybridized carbons (Fsp3) is 0.400. The monoisotopic (exact) mass is 341 g/mol. The zero-order chi connectivity index (χ0) is 18.1. The first-order valence-corrected chi connectivity index (χ1v) is 8.70. The second-order valence-electron chi connectivity index (χ2n) is 6.36. The number of hydrogen-bond donors (Lipinski definition) is 2. The summed E-state index contributed by atoms with van der Waals surface area (Å²) in [5.74, 6) is 1.34. The number of pyridine rings is 1. The van der Waals surface area contributed by atoms with E-state index in [1.165, 1.54) is 0 Å². The summed E-state index contributed by atoms with van der Waals surface area (Å²) >= 11 is 0. The van der Waals surface area contributed by atoms with Gasteiger partial charge in [0.1, 0.15) is 11.4 Å². The highest BCUT2D eigenvalue weighted by molar-refractivity contribution is 5.92. The smallest absolute Gasteiger partial charge is 0.269 e. The maximum absolute atomic E-state index is 12.2. The minimum absolute atomic E-state index is 0.163. The van der Waals surface area contributed by atoms with Crippen molar-refractivity contribution >= 4 is 11.6 Å². The van der Waals surface area contributed by atoms with Crippen LogP contribution in [0.25, 0.3) is 0 Å². The number of rotatable bonds is 9. The molecule has 0 aliphatic heterocycles. The number of benzene rings is 1. The summed E-state index contributed by atoms with van der Waals surface area (Å²) in [7, 11) is 1.65. The van der Waals surface area contributed by atoms with Gasteiger partial charge in [0.15, 0.2) is 0 Å². The number of amides is 1. The van der Waals surface area contributed by atoms with E-state index >= 15 is 0 Å². The van der Waals surface area contributed by atoms with E-state index in [1.807, 2.05) is 30.3 Å². The summed E-state index contributed by atoms with van der Waals surface area (Å²) in [6.45, 7) is 5.83. The molecule has 0 aliphatic rings. The van der Waals surface area contributed by atoms with Crippen LogP contribution in [0.2, 0.25) is 0 Å². The first-order valence-electron chi connectivity index (χ1n) is 8.70. The normalized spacial score (nSPS) is 10.6. The molecule has 134 valence electrons. The molecule has 0 spiro atoms. The number of methoxy groups -OCH3 is 1. The number of nitrogens with zero attached hydrogens (tertiary/aromatic N) is 1. The lowest BCUT2D eigenvalue weighted by molar-refractivity contribution is 0.0949. The highest BCUT2D eigenvalue weighted by Gasteiger charge is 2.08. The molecule has 2 aromatic rings. The number of anilines is 1. The summed E-state index contributed by atoms with van der Waals surface area (Å²) in [5.41, 5.74) is 2.43. The fourth-order valence-corrected chi connectivity index (χ4v) is 2.45. The van der Waals surface area contributed by atoms with E-state index in [4.69, 9.17) is 4.74 Å². The highest BCUT2D eigenvalue weighted by Crippen LogP contribution is 2.17. The zero-order valence-corrected chi connectivity index (χ0v) is 15.2. The third-order valence-electron chi connectivity index (χ3n) is 3.92. The van der Waals surface area contributed by atoms with Crippen molar-refractivity contribution in [2.75, 3.05) is 25.5 Å². The zero-order valence-electron chi connectivity index (χ0n) is 15.2. The summed E-state index contributed by atoms with van der Waals surface area (Å²) < 4.78 is 5.32. The molecule has 0 saturated carbocycles. The number of aromatic nitrogens is 1. The van der Waals surface area contributed by atoms with E-state index < -0.39 is 0 Å². The Bertz CT molecular complexity index is 669. The highest BCUT2D eigenvalue weighted by atomic mass is 16.5. The SMILES string of the molecule is COc1ccccc1CCNC(=O)c1ccc(NCCC(C)C)cn1. The van der Waals surface area contributed by atoms with Gasteiger partial charge in [-0.2, -0.15) is 0 Å². The van der Waals surface area contributed by atoms with Crippen molar-refractivity contribution in [3.63, 3.8) is 0 Å². The third-order valence-corrected chi connectivity index (χ3v) is 3.92. The summed E-state index contributed by atoms with van der Waals surface area (Å²) in [5, 5.41) is 6.21. The molecule has 0 bridgehead atoms. The molecule has 5 heteroatoms. The number of carbonyl (C=O) groups is 1. The Morgan fingerprint density at radius 1 is 1.16 bits per heavy atom. The van der Waals surface area contributed by atoms with E-state index in [-0.39, 0.29) is 5.91 Å². The Kier molecular flexibility index (Phi) is 7.26. The minimum atomic E-state index is -0.163. The van der Waals surface area contributed by atoms with Crippen LogP contribution >= 0.6 is 0 Å². The Hall–Kier alpha value is -2.56. The van der Waals surface area contributed by atoms with Crippen molar-refractivity contribution < 1.29 is 9.53 Å². The van der Waals surface area contributed by atoms with Crippen LogP contribution in [-0.2, 0) is 6.42 Å². The number of carbonyl (C=O) groups excluding carboxylic acids is 1. The molecule has 1 aromatic heterocycles. The predicted octanol–water partition coefficient (Wildman–Crippen LogP) is 3.52. The van der Waals surface area contributed by atoms with Gasteiger partial charge in [-0.05, 0) is 42.5 Å². The van der Waals surface area contributed by atoms with Crippen molar-refractivity contribution in [1.29, 1.82) is 0 Å². The lowest BCUT2D eigenvalue weighted by atomic mass is 10.1. The average molecular weight is 341 g/mol. The van der Waals surface area contributed by atoms with Crippen LogP contribution in [0.1, 0.15) is 36.3 Å². The van der Waals surface area contributed by atoms with Gasteiger partial charge in [-0.3, -0.25) is 4.79 Å². The van der Waals surface area contributed by atoms with E-state index in [1.54, 1.807) is 19.4 Å². The summed E-state index contributed by atoms with van der Waals surface area (Å²) in [4.78, 5) is 16.4. The maximum atomic E-state index is 12.2. The summed E-state index contributed by atoms with van der Waals surface area (Å²) in [6.07, 6.45) is 3.52. The van der Waals surface area contributed by atoms with Gasteiger partial charge in [-0.15, -0.1) is 0 Å². The maximum Gasteiger partial charge on any atom is 0.269 e. The molecular weight excluding hydrogens is 314 g/mol. The molecule has 0 aliphatic carbocycles. The van der Waals surface area contributed by atoms with Crippen LogP contribution in [0.5, 0.6) is 5.75 Å². The van der Waals surface area contributed by atoms with Crippen LogP contribution in [0, 0.1) is 5.92 Å². The average Bonchev–Trinajstić information content (AvgIpc) is 2.62. The molecule has 1 amide bonds. The van der Waals surface area contributed by atoms with Gasteiger partial charge in [0, 0.05) is 13.1 Å². The lowest BCUT2D eigenvalue weighted by Gasteiger charge is -2.10. The van der Waals surface area contributed by atoms with Crippen molar-refractivity contribution in [2.24, 2.45) is 5.92 Å². The van der Waals surface area contributed by atoms with Gasteiger partial charge in [-0.25, -0.2) is 4.98 Å². The molecule has 0 radical (unpaired) electrons. The molecular formula is C20H27N3O2. The molecule has 0 atom stereocenters. The van der Waals surface area contributed by atoms with Crippen molar-refractivity contribution in [1.82, 2.24) is 10.3 Å². The van der Waals surface area contributed by atoms with E-state index in [9.17, 15) is 4.79 Å². The van der Waals surface area contributed by atoms with Crippen molar-refractivity contribution in [3.05, 3.63) is 53.9 Å². The molecule has 5 nitrogen and oxygen atoms in total. The van der Waals surface area contributed by atoms with Gasteiger partial charge in [0.2, 0.25) is 0 Å². The largest absolute Gasteiger partial charge is 0.496 e. The number of hydrogen-bond acceptors (Lipinski definition) is 4. The standard InChI is InChI=1S/C20H27N3O2/c1-15(2)10-12-21-17-8-9-18(23-14-17)20(24)22-13-11-16-6-4-5-7-19(16)25-3/h4-9,14-15,21H,10-13H2,1-3H3,(H,22,24). The van der Waals surface area contributed by atoms with E-state index in [2.05, 4.69) is 29.5 Å². The van der Waals surface area contributed by atoms with Crippen LogP contribution in [-0.4, -0.2) is 31.1 Å². The van der Waals surface area contributed by atoms with Crippen LogP contribution in [0.15, 0.2) is 42.6 Å². The van der Waals surface area contributed by atoms with Crippen molar-refractivity contribution in [2.45, 2.75) is 26.7 Å². The molecule has 25 heavy (non-hydrogen) atoms. The Balaban J connectivity index is 1.80. The summed E-state index contributed by atoms with van der Waals surface area (Å²) in [6, 6.07) is 11.5. The van der Waals surface area contributed by atoms with Gasteiger partial charge >= 0.3 is 0 Å². The molecule has 2 rings (SSSR count). The first-order chi connectivity index (χ1) is 12.1. The van der Waals surface area contributed by atoms with Crippen molar-refractivity contribution in [3.8, 4) is 5.75 Å². The Morgan fingerprint density at radius 2 is 1.96 bits per heavy atom. The van der Waals surface area contributed by atoms with Gasteiger partial charge in [0.05, 0.1) is 19.0 Å². The number of para-hydroxylation sites is 1. The van der Waals surface area contributed by atoms with Gasteiger partial charge in [0.25, 0.3) is 5.91 Å². The van der Waals surface area contributed by atoms with Crippen LogP contribution in [0.4, 0.5) is 5.69 Å². The molecule has 0 fully saturated rings. The van der Waals surface area contributed by atoms with Crippen LogP contribution < -0.4 is 15.4 Å². The van der Waals surface area contributed by atoms with Crippen LogP contribution in [0.3, 0.4) is 0 Å². The quantitative estimate of drug-likeness (QED) is 0.732. The fourth-order valence-electron chi connectivity index (χ4n) is 2.45. The molecule has 1 aromatic carbocycles. The molecule has 0 unspecified atom stereocenters. The molecule has 0 saturated heterocycles.